The molecule has 1 atom stereocenters. The molecule has 0 radical (unpaired) electrons. The third-order valence-electron chi connectivity index (χ3n) is 5.46. The minimum Gasteiger partial charge on any atom is -0.444 e. The molecule has 0 spiro atoms. The van der Waals surface area contributed by atoms with E-state index in [1.165, 1.54) is 29.2 Å². The molecule has 0 fully saturated rings. The van der Waals surface area contributed by atoms with Crippen molar-refractivity contribution in [1.29, 1.82) is 0 Å². The molecule has 4 amide bonds. The van der Waals surface area contributed by atoms with Crippen LogP contribution >= 0.6 is 0 Å². The van der Waals surface area contributed by atoms with Crippen molar-refractivity contribution in [2.45, 2.75) is 45.3 Å². The van der Waals surface area contributed by atoms with E-state index in [-0.39, 0.29) is 38.3 Å². The first-order valence-corrected chi connectivity index (χ1v) is 12.7. The van der Waals surface area contributed by atoms with E-state index < -0.39 is 34.6 Å². The zero-order valence-corrected chi connectivity index (χ0v) is 22.5. The van der Waals surface area contributed by atoms with Crippen molar-refractivity contribution in [2.24, 2.45) is 0 Å². The lowest BCUT2D eigenvalue weighted by molar-refractivity contribution is -0.384. The number of nitro benzene ring substituents is 1. The zero-order chi connectivity index (χ0) is 28.8. The molecule has 0 bridgehead atoms. The average molecular weight is 544 g/mol. The van der Waals surface area contributed by atoms with Gasteiger partial charge in [-0.05, 0) is 38.3 Å². The molecule has 4 N–H and O–H groups in total. The summed E-state index contributed by atoms with van der Waals surface area (Å²) in [7, 11) is 0. The van der Waals surface area contributed by atoms with E-state index in [4.69, 9.17) is 4.74 Å². The number of amides is 4. The van der Waals surface area contributed by atoms with E-state index in [1.54, 1.807) is 20.8 Å². The van der Waals surface area contributed by atoms with E-state index >= 15 is 0 Å². The minimum absolute atomic E-state index is 0.0702. The summed E-state index contributed by atoms with van der Waals surface area (Å²) in [6.45, 7) is 5.54. The Hall–Kier alpha value is -4.19. The first kappa shape index (κ1) is 31.0. The fraction of sp³-hybridized carbons (Fsp3) is 0.444. The van der Waals surface area contributed by atoms with Gasteiger partial charge in [-0.15, -0.1) is 0 Å². The van der Waals surface area contributed by atoms with Gasteiger partial charge >= 0.3 is 12.1 Å². The van der Waals surface area contributed by atoms with Crippen LogP contribution < -0.4 is 16.0 Å². The first-order chi connectivity index (χ1) is 18.5. The Morgan fingerprint density at radius 3 is 2.21 bits per heavy atom. The molecule has 2 rings (SSSR count). The molecule has 12 nitrogen and oxygen atoms in total. The number of benzene rings is 2. The van der Waals surface area contributed by atoms with Crippen LogP contribution in [0.25, 0.3) is 0 Å². The van der Waals surface area contributed by atoms with E-state index in [2.05, 4.69) is 16.0 Å². The summed E-state index contributed by atoms with van der Waals surface area (Å²) in [4.78, 5) is 49.9. The molecule has 0 unspecified atom stereocenters. The molecule has 12 heteroatoms. The summed E-state index contributed by atoms with van der Waals surface area (Å²) in [5.41, 5.74) is 0.873. The van der Waals surface area contributed by atoms with Crippen LogP contribution in [-0.4, -0.2) is 77.4 Å². The van der Waals surface area contributed by atoms with Gasteiger partial charge in [0, 0.05) is 44.7 Å². The molecule has 0 aliphatic rings. The van der Waals surface area contributed by atoms with Crippen LogP contribution in [-0.2, 0) is 22.4 Å². The summed E-state index contributed by atoms with van der Waals surface area (Å²) in [5.74, 6) is -0.500. The number of aliphatic hydroxyl groups is 1. The van der Waals surface area contributed by atoms with E-state index in [0.29, 0.717) is 18.5 Å². The Labute approximate surface area is 227 Å². The number of aliphatic hydroxyl groups excluding tert-OH is 1. The van der Waals surface area contributed by atoms with Crippen molar-refractivity contribution >= 4 is 23.7 Å². The van der Waals surface area contributed by atoms with Gasteiger partial charge in [0.15, 0.2) is 0 Å². The number of alkyl carbamates (subject to hydrolysis) is 1. The number of non-ortho nitro benzene ring substituents is 1. The van der Waals surface area contributed by atoms with Gasteiger partial charge in [0.1, 0.15) is 11.6 Å². The fourth-order valence-corrected chi connectivity index (χ4v) is 3.57. The van der Waals surface area contributed by atoms with Crippen molar-refractivity contribution in [2.75, 3.05) is 32.8 Å². The number of hydrogen-bond acceptors (Lipinski definition) is 7. The largest absolute Gasteiger partial charge is 0.444 e. The molecule has 0 saturated carbocycles. The van der Waals surface area contributed by atoms with E-state index in [0.717, 1.165) is 5.56 Å². The topological polar surface area (TPSA) is 163 Å². The van der Waals surface area contributed by atoms with Gasteiger partial charge in [0.05, 0.1) is 11.5 Å². The highest BCUT2D eigenvalue weighted by Gasteiger charge is 2.24. The van der Waals surface area contributed by atoms with E-state index in [1.807, 2.05) is 30.3 Å². The number of rotatable bonds is 13. The summed E-state index contributed by atoms with van der Waals surface area (Å²) in [6, 6.07) is 13.7. The Morgan fingerprint density at radius 1 is 0.974 bits per heavy atom. The number of hydrogen-bond donors (Lipinski definition) is 4. The quantitative estimate of drug-likeness (QED) is 0.171. The Bertz CT molecular complexity index is 1090. The van der Waals surface area contributed by atoms with E-state index in [9.17, 15) is 29.6 Å². The molecule has 212 valence electrons. The lowest BCUT2D eigenvalue weighted by Crippen LogP contribution is -2.53. The number of carbonyl (C=O) groups excluding carboxylic acids is 3. The van der Waals surface area contributed by atoms with Crippen LogP contribution in [0, 0.1) is 10.1 Å². The van der Waals surface area contributed by atoms with Gasteiger partial charge in [-0.2, -0.15) is 0 Å². The highest BCUT2D eigenvalue weighted by atomic mass is 16.6. The van der Waals surface area contributed by atoms with Crippen molar-refractivity contribution < 1.29 is 29.2 Å². The summed E-state index contributed by atoms with van der Waals surface area (Å²) < 4.78 is 5.16. The third-order valence-corrected chi connectivity index (χ3v) is 5.46. The smallest absolute Gasteiger partial charge is 0.407 e. The average Bonchev–Trinajstić information content (AvgIpc) is 2.88. The molecule has 2 aromatic rings. The normalized spacial score (nSPS) is 11.7. The maximum absolute atomic E-state index is 13.1. The highest BCUT2D eigenvalue weighted by Crippen LogP contribution is 2.14. The monoisotopic (exact) mass is 543 g/mol. The van der Waals surface area contributed by atoms with Crippen LogP contribution in [0.15, 0.2) is 54.6 Å². The molecule has 0 aliphatic heterocycles. The lowest BCUT2D eigenvalue weighted by atomic mass is 10.0. The second-order valence-electron chi connectivity index (χ2n) is 9.80. The van der Waals surface area contributed by atoms with Crippen LogP contribution in [0.5, 0.6) is 0 Å². The standard InChI is InChI=1S/C27H37N5O7/c1-27(2,3)39-26(36)29-15-14-28-24(34)23(19-21-9-11-22(12-10-21)32(37)38)30-25(35)31(17-18-33)16-13-20-7-5-4-6-8-20/h4-12,23,33H,13-19H2,1-3H3,(H,28,34)(H,29,36)(H,30,35)/t23-/m0/s1. The van der Waals surface area contributed by atoms with Gasteiger partial charge in [-0.3, -0.25) is 14.9 Å². The lowest BCUT2D eigenvalue weighted by Gasteiger charge is -2.26. The molecule has 0 aliphatic carbocycles. The van der Waals surface area contributed by atoms with Crippen LogP contribution in [0.1, 0.15) is 31.9 Å². The number of ether oxygens (including phenoxy) is 1. The molecular weight excluding hydrogens is 506 g/mol. The number of nitrogens with zero attached hydrogens (tertiary/aromatic N) is 2. The number of nitro groups is 1. The molecular formula is C27H37N5O7. The van der Waals surface area contributed by atoms with Crippen molar-refractivity contribution in [3.8, 4) is 0 Å². The second kappa shape index (κ2) is 15.3. The van der Waals surface area contributed by atoms with Gasteiger partial charge < -0.3 is 30.7 Å². The maximum atomic E-state index is 13.1. The molecule has 0 aromatic heterocycles. The van der Waals surface area contributed by atoms with Crippen molar-refractivity contribution in [3.05, 3.63) is 75.8 Å². The van der Waals surface area contributed by atoms with Gasteiger partial charge in [0.25, 0.3) is 5.69 Å². The third kappa shape index (κ3) is 11.8. The number of carbonyl (C=O) groups is 3. The summed E-state index contributed by atoms with van der Waals surface area (Å²) in [5, 5.41) is 28.4. The summed E-state index contributed by atoms with van der Waals surface area (Å²) >= 11 is 0. The minimum atomic E-state index is -1.02. The van der Waals surface area contributed by atoms with Crippen LogP contribution in [0.4, 0.5) is 15.3 Å². The fourth-order valence-electron chi connectivity index (χ4n) is 3.57. The molecule has 0 heterocycles. The zero-order valence-electron chi connectivity index (χ0n) is 22.5. The SMILES string of the molecule is CC(C)(C)OC(=O)NCCNC(=O)[C@H](Cc1ccc([N+](=O)[O-])cc1)NC(=O)N(CCO)CCc1ccccc1. The Morgan fingerprint density at radius 2 is 1.62 bits per heavy atom. The number of nitrogens with one attached hydrogen (secondary N) is 3. The van der Waals surface area contributed by atoms with Crippen molar-refractivity contribution in [1.82, 2.24) is 20.9 Å². The van der Waals surface area contributed by atoms with Crippen LogP contribution in [0.3, 0.4) is 0 Å². The van der Waals surface area contributed by atoms with Crippen molar-refractivity contribution in [3.63, 3.8) is 0 Å². The molecule has 0 saturated heterocycles. The second-order valence-corrected chi connectivity index (χ2v) is 9.80. The predicted molar refractivity (Wildman–Crippen MR) is 145 cm³/mol. The highest BCUT2D eigenvalue weighted by molar-refractivity contribution is 5.87. The summed E-state index contributed by atoms with van der Waals surface area (Å²) in [6.07, 6.45) is 0.00962. The number of urea groups is 1. The Balaban J connectivity index is 2.06. The van der Waals surface area contributed by atoms with Crippen LogP contribution in [0.2, 0.25) is 0 Å². The van der Waals surface area contributed by atoms with Gasteiger partial charge in [-0.25, -0.2) is 9.59 Å². The molecule has 2 aromatic carbocycles. The van der Waals surface area contributed by atoms with Gasteiger partial charge in [0.2, 0.25) is 5.91 Å². The maximum Gasteiger partial charge on any atom is 0.407 e. The Kier molecular flexibility index (Phi) is 12.2. The first-order valence-electron chi connectivity index (χ1n) is 12.7. The molecule has 39 heavy (non-hydrogen) atoms. The predicted octanol–water partition coefficient (Wildman–Crippen LogP) is 2.39. The van der Waals surface area contributed by atoms with Gasteiger partial charge in [-0.1, -0.05) is 42.5 Å².